The largest absolute Gasteiger partial charge is 0.369 e. The highest BCUT2D eigenvalue weighted by atomic mass is 16.5. The number of likely N-dealkylation sites (tertiary alicyclic amines) is 2. The van der Waals surface area contributed by atoms with Crippen molar-refractivity contribution < 1.29 is 9.53 Å². The van der Waals surface area contributed by atoms with E-state index in [4.69, 9.17) is 14.7 Å². The fourth-order valence-corrected chi connectivity index (χ4v) is 6.18. The maximum Gasteiger partial charge on any atom is 0.246 e. The zero-order valence-electron chi connectivity index (χ0n) is 23.7. The Kier molecular flexibility index (Phi) is 10.6. The minimum atomic E-state index is -0.00630. The molecule has 3 aliphatic rings. The third-order valence-electron chi connectivity index (χ3n) is 8.46. The predicted octanol–water partition coefficient (Wildman–Crippen LogP) is 3.82. The summed E-state index contributed by atoms with van der Waals surface area (Å²) in [5.41, 5.74) is 1.32. The van der Waals surface area contributed by atoms with Crippen LogP contribution in [-0.4, -0.2) is 95.8 Å². The van der Waals surface area contributed by atoms with Gasteiger partial charge in [0.05, 0.1) is 6.10 Å². The lowest BCUT2D eigenvalue weighted by molar-refractivity contribution is -0.127. The lowest BCUT2D eigenvalue weighted by atomic mass is 9.91. The minimum absolute atomic E-state index is 0.00630. The van der Waals surface area contributed by atoms with Crippen molar-refractivity contribution in [1.82, 2.24) is 25.1 Å². The van der Waals surface area contributed by atoms with Crippen molar-refractivity contribution in [2.24, 2.45) is 0 Å². The quantitative estimate of drug-likeness (QED) is 0.401. The molecule has 1 amide bonds. The van der Waals surface area contributed by atoms with Crippen LogP contribution in [0.4, 0.5) is 5.95 Å². The second-order valence-corrected chi connectivity index (χ2v) is 11.9. The van der Waals surface area contributed by atoms with Crippen LogP contribution in [0.15, 0.2) is 12.4 Å². The Morgan fingerprint density at radius 2 is 1.62 bits per heavy atom. The number of ether oxygens (including phenoxy) is 1. The summed E-state index contributed by atoms with van der Waals surface area (Å²) in [7, 11) is 0. The Morgan fingerprint density at radius 3 is 2.24 bits per heavy atom. The number of nitrogens with one attached hydrogen (secondary N) is 1. The molecule has 3 fully saturated rings. The molecule has 3 saturated heterocycles. The molecule has 8 heteroatoms. The molecule has 2 atom stereocenters. The maximum absolute atomic E-state index is 11.7. The maximum atomic E-state index is 11.7. The van der Waals surface area contributed by atoms with Crippen molar-refractivity contribution >= 4 is 11.9 Å². The number of anilines is 1. The molecule has 0 aliphatic carbocycles. The first-order valence-corrected chi connectivity index (χ1v) is 14.9. The van der Waals surface area contributed by atoms with Crippen LogP contribution in [0.3, 0.4) is 0 Å². The Morgan fingerprint density at radius 1 is 0.973 bits per heavy atom. The number of amides is 1. The molecule has 37 heavy (non-hydrogen) atoms. The predicted molar refractivity (Wildman–Crippen MR) is 149 cm³/mol. The lowest BCUT2D eigenvalue weighted by Gasteiger charge is -2.42. The van der Waals surface area contributed by atoms with Crippen LogP contribution < -0.4 is 10.2 Å². The average Bonchev–Trinajstić information content (AvgIpc) is 3.15. The summed E-state index contributed by atoms with van der Waals surface area (Å²) in [6.07, 6.45) is 13.9. The number of carbonyl (C=O) groups excluding carboxylic acids is 1. The Hall–Kier alpha value is -1.77. The minimum Gasteiger partial charge on any atom is -0.369 e. The van der Waals surface area contributed by atoms with E-state index in [9.17, 15) is 4.79 Å². The van der Waals surface area contributed by atoms with Crippen LogP contribution in [-0.2, 0) is 9.53 Å². The first kappa shape index (κ1) is 28.2. The second kappa shape index (κ2) is 13.9. The second-order valence-electron chi connectivity index (χ2n) is 11.9. The summed E-state index contributed by atoms with van der Waals surface area (Å²) in [6, 6.07) is 1.76. The summed E-state index contributed by atoms with van der Waals surface area (Å²) >= 11 is 0. The van der Waals surface area contributed by atoms with Crippen molar-refractivity contribution in [2.45, 2.75) is 109 Å². The van der Waals surface area contributed by atoms with Crippen molar-refractivity contribution in [3.63, 3.8) is 0 Å². The third kappa shape index (κ3) is 8.11. The van der Waals surface area contributed by atoms with Gasteiger partial charge in [-0.25, -0.2) is 9.97 Å². The molecule has 4 heterocycles. The van der Waals surface area contributed by atoms with E-state index < -0.39 is 0 Å². The number of aromatic nitrogens is 2. The van der Waals surface area contributed by atoms with E-state index in [0.29, 0.717) is 24.0 Å². The summed E-state index contributed by atoms with van der Waals surface area (Å²) < 4.78 is 5.32. The van der Waals surface area contributed by atoms with Crippen molar-refractivity contribution in [2.75, 3.05) is 50.8 Å². The normalized spacial score (nSPS) is 23.4. The Labute approximate surface area is 224 Å². The molecule has 0 spiro atoms. The van der Waals surface area contributed by atoms with Gasteiger partial charge in [0, 0.05) is 50.2 Å². The van der Waals surface area contributed by atoms with Crippen molar-refractivity contribution in [3.8, 4) is 0 Å². The van der Waals surface area contributed by atoms with E-state index in [0.717, 1.165) is 32.0 Å². The monoisotopic (exact) mass is 514 g/mol. The van der Waals surface area contributed by atoms with Crippen LogP contribution in [0.25, 0.3) is 0 Å². The summed E-state index contributed by atoms with van der Waals surface area (Å²) in [6.45, 7) is 15.2. The van der Waals surface area contributed by atoms with E-state index in [1.807, 2.05) is 13.8 Å². The van der Waals surface area contributed by atoms with E-state index in [2.05, 4.69) is 46.3 Å². The fourth-order valence-electron chi connectivity index (χ4n) is 6.18. The highest BCUT2D eigenvalue weighted by Crippen LogP contribution is 2.34. The number of piperazine rings is 1. The fraction of sp³-hybridized carbons (Fsp3) is 0.828. The van der Waals surface area contributed by atoms with Gasteiger partial charge in [-0.3, -0.25) is 9.69 Å². The third-order valence-corrected chi connectivity index (χ3v) is 8.46. The standard InChI is InChI=1S/C29H50N6O2/c1-22(2)34-19-26-9-10-27(20-34)35(26)29-31-17-25(18-32-29)24-11-15-33(16-12-24)14-8-6-5-7-13-30-28(36)21-37-23(3)4/h17-18,22-24,26-27H,5-16,19-21H2,1-4H3,(H,30,36). The zero-order valence-corrected chi connectivity index (χ0v) is 23.7. The first-order chi connectivity index (χ1) is 17.9. The van der Waals surface area contributed by atoms with Crippen LogP contribution in [0.2, 0.25) is 0 Å². The van der Waals surface area contributed by atoms with Crippen LogP contribution in [0.5, 0.6) is 0 Å². The molecule has 3 aliphatic heterocycles. The van der Waals surface area contributed by atoms with Gasteiger partial charge in [0.1, 0.15) is 6.61 Å². The zero-order chi connectivity index (χ0) is 26.2. The van der Waals surface area contributed by atoms with Crippen LogP contribution in [0.1, 0.15) is 90.5 Å². The van der Waals surface area contributed by atoms with Gasteiger partial charge in [0.15, 0.2) is 0 Å². The topological polar surface area (TPSA) is 73.8 Å². The molecule has 8 nitrogen and oxygen atoms in total. The van der Waals surface area contributed by atoms with Gasteiger partial charge < -0.3 is 19.9 Å². The number of nitrogens with zero attached hydrogens (tertiary/aromatic N) is 5. The van der Waals surface area contributed by atoms with Crippen molar-refractivity contribution in [1.29, 1.82) is 0 Å². The summed E-state index contributed by atoms with van der Waals surface area (Å²) in [5, 5.41) is 2.94. The average molecular weight is 515 g/mol. The number of unbranched alkanes of at least 4 members (excludes halogenated alkanes) is 3. The molecule has 1 N–H and O–H groups in total. The molecule has 2 unspecified atom stereocenters. The van der Waals surface area contributed by atoms with Crippen LogP contribution in [0, 0.1) is 0 Å². The molecule has 1 aromatic rings. The van der Waals surface area contributed by atoms with Crippen molar-refractivity contribution in [3.05, 3.63) is 18.0 Å². The molecular formula is C29H50N6O2. The van der Waals surface area contributed by atoms with Gasteiger partial charge in [-0.05, 0) is 97.3 Å². The number of hydrogen-bond donors (Lipinski definition) is 1. The molecule has 0 saturated carbocycles. The van der Waals surface area contributed by atoms with Gasteiger partial charge in [0.2, 0.25) is 11.9 Å². The molecule has 0 aromatic carbocycles. The first-order valence-electron chi connectivity index (χ1n) is 14.9. The van der Waals surface area contributed by atoms with Gasteiger partial charge in [-0.2, -0.15) is 0 Å². The van der Waals surface area contributed by atoms with Gasteiger partial charge >= 0.3 is 0 Å². The Balaban J connectivity index is 1.10. The lowest BCUT2D eigenvalue weighted by Crippen LogP contribution is -2.56. The molecule has 1 aromatic heterocycles. The van der Waals surface area contributed by atoms with E-state index >= 15 is 0 Å². The number of fused-ring (bicyclic) bond motifs is 2. The number of piperidine rings is 1. The summed E-state index contributed by atoms with van der Waals surface area (Å²) in [4.78, 5) is 29.2. The van der Waals surface area contributed by atoms with Crippen LogP contribution >= 0.6 is 0 Å². The van der Waals surface area contributed by atoms with E-state index in [1.54, 1.807) is 0 Å². The highest BCUT2D eigenvalue weighted by Gasteiger charge is 2.41. The van der Waals surface area contributed by atoms with Gasteiger partial charge in [0.25, 0.3) is 0 Å². The molecule has 2 bridgehead atoms. The molecule has 208 valence electrons. The van der Waals surface area contributed by atoms with E-state index in [-0.39, 0.29) is 18.6 Å². The van der Waals surface area contributed by atoms with Gasteiger partial charge in [-0.1, -0.05) is 12.8 Å². The number of rotatable bonds is 13. The van der Waals surface area contributed by atoms with E-state index in [1.165, 1.54) is 70.1 Å². The smallest absolute Gasteiger partial charge is 0.246 e. The SMILES string of the molecule is CC(C)OCC(=O)NCCCCCCN1CCC(c2cnc(N3C4CCC3CN(C(C)C)C4)nc2)CC1. The highest BCUT2D eigenvalue weighted by molar-refractivity contribution is 5.77. The Bertz CT molecular complexity index is 810. The number of hydrogen-bond acceptors (Lipinski definition) is 7. The summed E-state index contributed by atoms with van der Waals surface area (Å²) in [5.74, 6) is 1.52. The molecular weight excluding hydrogens is 464 g/mol. The number of carbonyl (C=O) groups is 1. The molecule has 0 radical (unpaired) electrons. The molecule has 4 rings (SSSR count). The van der Waals surface area contributed by atoms with Gasteiger partial charge in [-0.15, -0.1) is 0 Å².